The highest BCUT2D eigenvalue weighted by Gasteiger charge is 2.24. The first-order valence-corrected chi connectivity index (χ1v) is 9.50. The number of aromatic nitrogens is 2. The number of amides is 1. The Labute approximate surface area is 159 Å². The first-order chi connectivity index (χ1) is 12.6. The smallest absolute Gasteiger partial charge is 0.254 e. The van der Waals surface area contributed by atoms with Crippen LogP contribution in [-0.4, -0.2) is 21.4 Å². The van der Waals surface area contributed by atoms with Crippen LogP contribution in [0.4, 0.5) is 4.39 Å². The molecule has 0 saturated carbocycles. The Hall–Kier alpha value is -2.31. The highest BCUT2D eigenvalue weighted by atomic mass is 35.5. The SMILES string of the molecule is O=C(NC1CCSc2ccc(F)cc21)c1cnn(-c2cccc(Cl)c2)c1. The molecular weight excluding hydrogens is 373 g/mol. The van der Waals surface area contributed by atoms with Gasteiger partial charge in [-0.3, -0.25) is 4.79 Å². The Morgan fingerprint density at radius 2 is 2.19 bits per heavy atom. The van der Waals surface area contributed by atoms with E-state index in [0.717, 1.165) is 28.3 Å². The lowest BCUT2D eigenvalue weighted by atomic mass is 10.0. The number of nitrogens with zero attached hydrogens (tertiary/aromatic N) is 2. The van der Waals surface area contributed by atoms with Crippen LogP contribution in [0.15, 0.2) is 59.8 Å². The molecule has 4 rings (SSSR count). The summed E-state index contributed by atoms with van der Waals surface area (Å²) < 4.78 is 15.2. The Kier molecular flexibility index (Phi) is 4.70. The van der Waals surface area contributed by atoms with E-state index >= 15 is 0 Å². The Bertz CT molecular complexity index is 975. The topological polar surface area (TPSA) is 46.9 Å². The van der Waals surface area contributed by atoms with Crippen molar-refractivity contribution in [3.05, 3.63) is 76.8 Å². The van der Waals surface area contributed by atoms with E-state index in [2.05, 4.69) is 10.4 Å². The molecule has 1 unspecified atom stereocenters. The molecule has 1 amide bonds. The lowest BCUT2D eigenvalue weighted by molar-refractivity contribution is 0.0935. The summed E-state index contributed by atoms with van der Waals surface area (Å²) in [5.41, 5.74) is 2.05. The van der Waals surface area contributed by atoms with Gasteiger partial charge in [-0.15, -0.1) is 11.8 Å². The van der Waals surface area contributed by atoms with E-state index in [4.69, 9.17) is 11.6 Å². The molecule has 2 aromatic carbocycles. The lowest BCUT2D eigenvalue weighted by Gasteiger charge is -2.25. The predicted molar refractivity (Wildman–Crippen MR) is 101 cm³/mol. The van der Waals surface area contributed by atoms with Gasteiger partial charge in [0.2, 0.25) is 0 Å². The fourth-order valence-electron chi connectivity index (χ4n) is 2.96. The number of hydrogen-bond donors (Lipinski definition) is 1. The molecule has 1 atom stereocenters. The molecule has 0 aliphatic carbocycles. The van der Waals surface area contributed by atoms with E-state index in [1.165, 1.54) is 18.3 Å². The monoisotopic (exact) mass is 387 g/mol. The zero-order chi connectivity index (χ0) is 18.1. The van der Waals surface area contributed by atoms with Gasteiger partial charge in [0.1, 0.15) is 5.82 Å². The summed E-state index contributed by atoms with van der Waals surface area (Å²) in [5, 5.41) is 7.83. The first kappa shape index (κ1) is 17.1. The van der Waals surface area contributed by atoms with Gasteiger partial charge in [0.05, 0.1) is 23.5 Å². The molecule has 1 aliphatic rings. The van der Waals surface area contributed by atoms with E-state index in [1.54, 1.807) is 40.8 Å². The summed E-state index contributed by atoms with van der Waals surface area (Å²) in [7, 11) is 0. The van der Waals surface area contributed by atoms with Gasteiger partial charge in [0, 0.05) is 21.9 Å². The Morgan fingerprint density at radius 3 is 3.04 bits per heavy atom. The van der Waals surface area contributed by atoms with Crippen LogP contribution in [0.25, 0.3) is 5.69 Å². The van der Waals surface area contributed by atoms with E-state index in [-0.39, 0.29) is 17.8 Å². The molecule has 2 heterocycles. The van der Waals surface area contributed by atoms with E-state index < -0.39 is 0 Å². The number of carbonyl (C=O) groups is 1. The molecule has 1 aliphatic heterocycles. The largest absolute Gasteiger partial charge is 0.345 e. The Morgan fingerprint density at radius 1 is 1.31 bits per heavy atom. The van der Waals surface area contributed by atoms with Gasteiger partial charge in [-0.1, -0.05) is 17.7 Å². The lowest BCUT2D eigenvalue weighted by Crippen LogP contribution is -2.30. The Balaban J connectivity index is 1.54. The summed E-state index contributed by atoms with van der Waals surface area (Å²) in [5.74, 6) is 0.357. The number of hydrogen-bond acceptors (Lipinski definition) is 3. The molecule has 1 aromatic heterocycles. The maximum absolute atomic E-state index is 13.6. The van der Waals surface area contributed by atoms with Gasteiger partial charge >= 0.3 is 0 Å². The van der Waals surface area contributed by atoms with Gasteiger partial charge in [-0.05, 0) is 48.4 Å². The van der Waals surface area contributed by atoms with Gasteiger partial charge in [-0.2, -0.15) is 5.10 Å². The number of benzene rings is 2. The fourth-order valence-corrected chi connectivity index (χ4v) is 4.25. The van der Waals surface area contributed by atoms with Crippen LogP contribution in [0.5, 0.6) is 0 Å². The third kappa shape index (κ3) is 3.48. The molecule has 7 heteroatoms. The number of nitrogens with one attached hydrogen (secondary N) is 1. The molecule has 0 spiro atoms. The standard InChI is InChI=1S/C19H15ClFN3OS/c20-13-2-1-3-15(8-13)24-11-12(10-22-24)19(25)23-17-6-7-26-18-5-4-14(21)9-16(17)18/h1-5,8-11,17H,6-7H2,(H,23,25). The van der Waals surface area contributed by atoms with Crippen LogP contribution < -0.4 is 5.32 Å². The van der Waals surface area contributed by atoms with E-state index in [0.29, 0.717) is 10.6 Å². The fraction of sp³-hybridized carbons (Fsp3) is 0.158. The van der Waals surface area contributed by atoms with E-state index in [1.807, 2.05) is 12.1 Å². The molecule has 26 heavy (non-hydrogen) atoms. The average molecular weight is 388 g/mol. The zero-order valence-electron chi connectivity index (χ0n) is 13.7. The molecule has 4 nitrogen and oxygen atoms in total. The second-order valence-corrected chi connectivity index (χ2v) is 7.57. The normalized spacial score (nSPS) is 16.2. The third-order valence-corrected chi connectivity index (χ3v) is 5.59. The number of carbonyl (C=O) groups excluding carboxylic acids is 1. The highest BCUT2D eigenvalue weighted by molar-refractivity contribution is 7.99. The van der Waals surface area contributed by atoms with Crippen molar-refractivity contribution in [3.8, 4) is 5.69 Å². The molecule has 132 valence electrons. The van der Waals surface area contributed by atoms with Crippen molar-refractivity contribution in [2.45, 2.75) is 17.4 Å². The van der Waals surface area contributed by atoms with Crippen LogP contribution in [-0.2, 0) is 0 Å². The molecular formula is C19H15ClFN3OS. The van der Waals surface area contributed by atoms with Crippen LogP contribution in [0.3, 0.4) is 0 Å². The van der Waals surface area contributed by atoms with Gasteiger partial charge in [0.15, 0.2) is 0 Å². The summed E-state index contributed by atoms with van der Waals surface area (Å²) in [6.45, 7) is 0. The van der Waals surface area contributed by atoms with Crippen LogP contribution in [0.2, 0.25) is 5.02 Å². The minimum absolute atomic E-state index is 0.205. The predicted octanol–water partition coefficient (Wildman–Crippen LogP) is 4.63. The van der Waals surface area contributed by atoms with Crippen LogP contribution in [0.1, 0.15) is 28.4 Å². The van der Waals surface area contributed by atoms with Gasteiger partial charge < -0.3 is 5.32 Å². The molecule has 0 bridgehead atoms. The van der Waals surface area contributed by atoms with Crippen molar-refractivity contribution in [2.24, 2.45) is 0 Å². The highest BCUT2D eigenvalue weighted by Crippen LogP contribution is 2.36. The number of thioether (sulfide) groups is 1. The summed E-state index contributed by atoms with van der Waals surface area (Å²) >= 11 is 7.68. The summed E-state index contributed by atoms with van der Waals surface area (Å²) in [6.07, 6.45) is 3.93. The quantitative estimate of drug-likeness (QED) is 0.712. The van der Waals surface area contributed by atoms with Crippen molar-refractivity contribution in [1.82, 2.24) is 15.1 Å². The number of halogens is 2. The molecule has 1 N–H and O–H groups in total. The molecule has 0 fully saturated rings. The number of fused-ring (bicyclic) bond motifs is 1. The maximum atomic E-state index is 13.6. The molecule has 3 aromatic rings. The third-order valence-electron chi connectivity index (χ3n) is 4.23. The minimum Gasteiger partial charge on any atom is -0.345 e. The summed E-state index contributed by atoms with van der Waals surface area (Å²) in [6, 6.07) is 11.7. The van der Waals surface area contributed by atoms with Gasteiger partial charge in [-0.25, -0.2) is 9.07 Å². The van der Waals surface area contributed by atoms with Crippen molar-refractivity contribution in [2.75, 3.05) is 5.75 Å². The zero-order valence-corrected chi connectivity index (χ0v) is 15.2. The minimum atomic E-state index is -0.292. The second kappa shape index (κ2) is 7.13. The van der Waals surface area contributed by atoms with Crippen molar-refractivity contribution in [3.63, 3.8) is 0 Å². The molecule has 0 radical (unpaired) electrons. The van der Waals surface area contributed by atoms with E-state index in [9.17, 15) is 9.18 Å². The van der Waals surface area contributed by atoms with Gasteiger partial charge in [0.25, 0.3) is 5.91 Å². The maximum Gasteiger partial charge on any atom is 0.254 e. The van der Waals surface area contributed by atoms with Crippen molar-refractivity contribution >= 4 is 29.3 Å². The van der Waals surface area contributed by atoms with Crippen LogP contribution >= 0.6 is 23.4 Å². The first-order valence-electron chi connectivity index (χ1n) is 8.14. The van der Waals surface area contributed by atoms with Crippen LogP contribution in [0, 0.1) is 5.82 Å². The van der Waals surface area contributed by atoms with Crippen molar-refractivity contribution < 1.29 is 9.18 Å². The number of rotatable bonds is 3. The average Bonchev–Trinajstić information content (AvgIpc) is 3.12. The second-order valence-electron chi connectivity index (χ2n) is 6.00. The molecule has 0 saturated heterocycles. The van der Waals surface area contributed by atoms with Crippen molar-refractivity contribution in [1.29, 1.82) is 0 Å². The summed E-state index contributed by atoms with van der Waals surface area (Å²) in [4.78, 5) is 13.6.